The van der Waals surface area contributed by atoms with E-state index < -0.39 is 0 Å². The summed E-state index contributed by atoms with van der Waals surface area (Å²) >= 11 is 0. The molecule has 0 aliphatic carbocycles. The van der Waals surface area contributed by atoms with Crippen molar-refractivity contribution in [3.63, 3.8) is 0 Å². The summed E-state index contributed by atoms with van der Waals surface area (Å²) in [5.41, 5.74) is 3.09. The minimum absolute atomic E-state index is 0.279. The molecule has 0 fully saturated rings. The Morgan fingerprint density at radius 3 is 2.37 bits per heavy atom. The third-order valence-electron chi connectivity index (χ3n) is 2.74. The standard InChI is InChI=1S/C15H10FN3/c16-13-5-1-3-11(7-13)14-8-15(19-10-18-14)12-4-2-6-17-9-12/h1-10H. The fourth-order valence-corrected chi connectivity index (χ4v) is 1.84. The highest BCUT2D eigenvalue weighted by atomic mass is 19.1. The Balaban J connectivity index is 2.06. The summed E-state index contributed by atoms with van der Waals surface area (Å²) in [6.07, 6.45) is 4.92. The molecule has 1 aromatic carbocycles. The van der Waals surface area contributed by atoms with E-state index >= 15 is 0 Å². The average Bonchev–Trinajstić information content (AvgIpc) is 2.48. The van der Waals surface area contributed by atoms with Gasteiger partial charge in [0.15, 0.2) is 0 Å². The molecule has 3 nitrogen and oxygen atoms in total. The average molecular weight is 251 g/mol. The quantitative estimate of drug-likeness (QED) is 0.701. The molecule has 0 aliphatic heterocycles. The lowest BCUT2D eigenvalue weighted by molar-refractivity contribution is 0.628. The molecule has 0 amide bonds. The second-order valence-corrected chi connectivity index (χ2v) is 4.04. The number of halogens is 1. The van der Waals surface area contributed by atoms with Crippen LogP contribution in [0.1, 0.15) is 0 Å². The van der Waals surface area contributed by atoms with Gasteiger partial charge in [0, 0.05) is 23.5 Å². The van der Waals surface area contributed by atoms with Crippen LogP contribution in [0.2, 0.25) is 0 Å². The van der Waals surface area contributed by atoms with Gasteiger partial charge in [-0.3, -0.25) is 4.98 Å². The van der Waals surface area contributed by atoms with Crippen LogP contribution in [0.4, 0.5) is 4.39 Å². The van der Waals surface area contributed by atoms with E-state index in [0.29, 0.717) is 5.69 Å². The van der Waals surface area contributed by atoms with Crippen molar-refractivity contribution in [3.8, 4) is 22.5 Å². The third-order valence-corrected chi connectivity index (χ3v) is 2.74. The maximum Gasteiger partial charge on any atom is 0.123 e. The lowest BCUT2D eigenvalue weighted by atomic mass is 10.1. The summed E-state index contributed by atoms with van der Waals surface area (Å²) in [6.45, 7) is 0. The molecule has 92 valence electrons. The molecular formula is C15H10FN3. The zero-order valence-corrected chi connectivity index (χ0v) is 9.99. The van der Waals surface area contributed by atoms with Gasteiger partial charge in [0.1, 0.15) is 12.1 Å². The van der Waals surface area contributed by atoms with Gasteiger partial charge in [0.2, 0.25) is 0 Å². The van der Waals surface area contributed by atoms with Crippen LogP contribution in [-0.4, -0.2) is 15.0 Å². The molecular weight excluding hydrogens is 241 g/mol. The van der Waals surface area contributed by atoms with Crippen molar-refractivity contribution >= 4 is 0 Å². The first kappa shape index (κ1) is 11.5. The predicted octanol–water partition coefficient (Wildman–Crippen LogP) is 3.34. The number of rotatable bonds is 2. The van der Waals surface area contributed by atoms with Gasteiger partial charge in [-0.2, -0.15) is 0 Å². The molecule has 0 saturated heterocycles. The zero-order valence-electron chi connectivity index (χ0n) is 9.99. The van der Waals surface area contributed by atoms with Crippen molar-refractivity contribution in [3.05, 3.63) is 67.0 Å². The minimum atomic E-state index is -0.279. The molecule has 2 aromatic heterocycles. The topological polar surface area (TPSA) is 38.7 Å². The summed E-state index contributed by atoms with van der Waals surface area (Å²) in [7, 11) is 0. The maximum absolute atomic E-state index is 13.2. The van der Waals surface area contributed by atoms with Crippen LogP contribution in [-0.2, 0) is 0 Å². The van der Waals surface area contributed by atoms with Crippen molar-refractivity contribution in [2.75, 3.05) is 0 Å². The number of hydrogen-bond acceptors (Lipinski definition) is 3. The Kier molecular flexibility index (Phi) is 2.98. The van der Waals surface area contributed by atoms with Crippen LogP contribution >= 0.6 is 0 Å². The van der Waals surface area contributed by atoms with Crippen molar-refractivity contribution in [2.45, 2.75) is 0 Å². The number of pyridine rings is 1. The Morgan fingerprint density at radius 1 is 0.842 bits per heavy atom. The Labute approximate surface area is 109 Å². The predicted molar refractivity (Wildman–Crippen MR) is 70.7 cm³/mol. The van der Waals surface area contributed by atoms with Crippen LogP contribution in [0.15, 0.2) is 61.2 Å². The first-order valence-corrected chi connectivity index (χ1v) is 5.81. The van der Waals surface area contributed by atoms with Gasteiger partial charge in [0.05, 0.1) is 11.4 Å². The summed E-state index contributed by atoms with van der Waals surface area (Å²) < 4.78 is 13.2. The van der Waals surface area contributed by atoms with Crippen LogP contribution in [0, 0.1) is 5.82 Å². The van der Waals surface area contributed by atoms with Crippen molar-refractivity contribution in [1.82, 2.24) is 15.0 Å². The molecule has 4 heteroatoms. The summed E-state index contributed by atoms with van der Waals surface area (Å²) in [4.78, 5) is 12.4. The minimum Gasteiger partial charge on any atom is -0.264 e. The lowest BCUT2D eigenvalue weighted by Crippen LogP contribution is -1.90. The van der Waals surface area contributed by atoms with E-state index in [0.717, 1.165) is 16.8 Å². The Morgan fingerprint density at radius 2 is 1.63 bits per heavy atom. The first-order valence-electron chi connectivity index (χ1n) is 5.81. The monoisotopic (exact) mass is 251 g/mol. The molecule has 0 bridgehead atoms. The summed E-state index contributed by atoms with van der Waals surface area (Å²) in [5.74, 6) is -0.279. The van der Waals surface area contributed by atoms with Gasteiger partial charge in [-0.15, -0.1) is 0 Å². The van der Waals surface area contributed by atoms with Gasteiger partial charge in [-0.25, -0.2) is 14.4 Å². The van der Waals surface area contributed by atoms with Crippen molar-refractivity contribution in [1.29, 1.82) is 0 Å². The Bertz CT molecular complexity index is 699. The van der Waals surface area contributed by atoms with E-state index in [4.69, 9.17) is 0 Å². The van der Waals surface area contributed by atoms with E-state index in [2.05, 4.69) is 15.0 Å². The molecule has 0 N–H and O–H groups in total. The van der Waals surface area contributed by atoms with Crippen LogP contribution < -0.4 is 0 Å². The van der Waals surface area contributed by atoms with Crippen molar-refractivity contribution < 1.29 is 4.39 Å². The van der Waals surface area contributed by atoms with Gasteiger partial charge in [0.25, 0.3) is 0 Å². The fourth-order valence-electron chi connectivity index (χ4n) is 1.84. The summed E-state index contributed by atoms with van der Waals surface area (Å²) in [6, 6.07) is 11.9. The highest BCUT2D eigenvalue weighted by Gasteiger charge is 2.04. The van der Waals surface area contributed by atoms with E-state index in [1.165, 1.54) is 18.5 Å². The molecule has 3 rings (SSSR count). The van der Waals surface area contributed by atoms with E-state index in [1.54, 1.807) is 18.5 Å². The second kappa shape index (κ2) is 4.94. The number of benzene rings is 1. The van der Waals surface area contributed by atoms with Crippen molar-refractivity contribution in [2.24, 2.45) is 0 Å². The van der Waals surface area contributed by atoms with Gasteiger partial charge in [-0.1, -0.05) is 12.1 Å². The van der Waals surface area contributed by atoms with E-state index in [1.807, 2.05) is 24.3 Å². The molecule has 3 aromatic rings. The highest BCUT2D eigenvalue weighted by molar-refractivity contribution is 5.66. The first-order chi connectivity index (χ1) is 9.33. The summed E-state index contributed by atoms with van der Waals surface area (Å²) in [5, 5.41) is 0. The van der Waals surface area contributed by atoms with E-state index in [9.17, 15) is 4.39 Å². The molecule has 0 saturated carbocycles. The van der Waals surface area contributed by atoms with Crippen LogP contribution in [0.3, 0.4) is 0 Å². The maximum atomic E-state index is 13.2. The largest absolute Gasteiger partial charge is 0.264 e. The molecule has 0 unspecified atom stereocenters. The van der Waals surface area contributed by atoms with Gasteiger partial charge >= 0.3 is 0 Å². The van der Waals surface area contributed by atoms with E-state index in [-0.39, 0.29) is 5.82 Å². The smallest absolute Gasteiger partial charge is 0.123 e. The van der Waals surface area contributed by atoms with Crippen LogP contribution in [0.5, 0.6) is 0 Å². The van der Waals surface area contributed by atoms with Gasteiger partial charge in [-0.05, 0) is 30.3 Å². The molecule has 0 radical (unpaired) electrons. The molecule has 0 aliphatic rings. The highest BCUT2D eigenvalue weighted by Crippen LogP contribution is 2.22. The third kappa shape index (κ3) is 2.47. The zero-order chi connectivity index (χ0) is 13.1. The molecule has 0 atom stereocenters. The molecule has 2 heterocycles. The molecule has 0 spiro atoms. The normalized spacial score (nSPS) is 10.4. The van der Waals surface area contributed by atoms with Crippen LogP contribution in [0.25, 0.3) is 22.5 Å². The Hall–Kier alpha value is -2.62. The SMILES string of the molecule is Fc1cccc(-c2cc(-c3cccnc3)ncn2)c1. The van der Waals surface area contributed by atoms with Gasteiger partial charge < -0.3 is 0 Å². The fraction of sp³-hybridized carbons (Fsp3) is 0. The second-order valence-electron chi connectivity index (χ2n) is 4.04. The number of hydrogen-bond donors (Lipinski definition) is 0. The lowest BCUT2D eigenvalue weighted by Gasteiger charge is -2.04. The number of aromatic nitrogens is 3. The number of nitrogens with zero attached hydrogens (tertiary/aromatic N) is 3. The molecule has 19 heavy (non-hydrogen) atoms.